The lowest BCUT2D eigenvalue weighted by Gasteiger charge is -2.27. The van der Waals surface area contributed by atoms with Gasteiger partial charge in [-0.1, -0.05) is 13.8 Å². The molecule has 0 fully saturated rings. The molecule has 0 saturated carbocycles. The van der Waals surface area contributed by atoms with Gasteiger partial charge in [0.2, 0.25) is 5.88 Å². The number of carbonyl (C=O) groups excluding carboxylic acids is 1. The fourth-order valence-corrected chi connectivity index (χ4v) is 5.21. The van der Waals surface area contributed by atoms with Gasteiger partial charge >= 0.3 is 0 Å². The van der Waals surface area contributed by atoms with Crippen LogP contribution in [0.5, 0.6) is 11.8 Å². The summed E-state index contributed by atoms with van der Waals surface area (Å²) in [6, 6.07) is 0. The molecule has 3 aromatic heterocycles. The van der Waals surface area contributed by atoms with Gasteiger partial charge in [0.15, 0.2) is 5.82 Å². The summed E-state index contributed by atoms with van der Waals surface area (Å²) in [5, 5.41) is 2.94. The maximum Gasteiger partial charge on any atom is 0.258 e. The van der Waals surface area contributed by atoms with Crippen molar-refractivity contribution in [3.63, 3.8) is 0 Å². The fourth-order valence-electron chi connectivity index (χ4n) is 5.21. The topological polar surface area (TPSA) is 96.0 Å². The van der Waals surface area contributed by atoms with E-state index in [2.05, 4.69) is 44.0 Å². The number of aryl methyl sites for hydroxylation is 1. The van der Waals surface area contributed by atoms with Crippen LogP contribution >= 0.6 is 0 Å². The number of hydrogen-bond acceptors (Lipinski definition) is 6. The first-order chi connectivity index (χ1) is 16.0. The predicted octanol–water partition coefficient (Wildman–Crippen LogP) is 3.12. The van der Waals surface area contributed by atoms with Crippen LogP contribution in [0.3, 0.4) is 0 Å². The SMILES string of the molecule is CCN1CCc2ncnc(Oc3ncc4c(c3F)-c3[nH]c5c(c3CC4)C(=O)NC[C@H]5C)c2C1. The summed E-state index contributed by atoms with van der Waals surface area (Å²) in [4.78, 5) is 31.2. The van der Waals surface area contributed by atoms with E-state index in [9.17, 15) is 4.79 Å². The van der Waals surface area contributed by atoms with Crippen LogP contribution in [0.2, 0.25) is 0 Å². The lowest BCUT2D eigenvalue weighted by atomic mass is 9.87. The Bertz CT molecular complexity index is 1290. The molecule has 33 heavy (non-hydrogen) atoms. The zero-order chi connectivity index (χ0) is 22.7. The van der Waals surface area contributed by atoms with E-state index in [1.807, 2.05) is 0 Å². The monoisotopic (exact) mass is 448 g/mol. The molecule has 9 heteroatoms. The van der Waals surface area contributed by atoms with E-state index in [1.54, 1.807) is 6.20 Å². The number of nitrogens with zero attached hydrogens (tertiary/aromatic N) is 4. The Morgan fingerprint density at radius 1 is 1.15 bits per heavy atom. The number of rotatable bonds is 3. The maximum absolute atomic E-state index is 15.9. The number of carbonyl (C=O) groups is 1. The molecule has 170 valence electrons. The lowest BCUT2D eigenvalue weighted by molar-refractivity contribution is 0.0940. The molecule has 0 bridgehead atoms. The molecule has 8 nitrogen and oxygen atoms in total. The third-order valence-electron chi connectivity index (χ3n) is 7.06. The first-order valence-corrected chi connectivity index (χ1v) is 11.5. The van der Waals surface area contributed by atoms with Gasteiger partial charge in [-0.3, -0.25) is 9.69 Å². The minimum Gasteiger partial charge on any atom is -0.417 e. The van der Waals surface area contributed by atoms with Crippen LogP contribution < -0.4 is 10.1 Å². The number of hydrogen-bond donors (Lipinski definition) is 2. The molecule has 3 aromatic rings. The van der Waals surface area contributed by atoms with Crippen molar-refractivity contribution in [2.75, 3.05) is 19.6 Å². The summed E-state index contributed by atoms with van der Waals surface area (Å²) in [7, 11) is 0. The molecule has 0 spiro atoms. The molecule has 2 aliphatic heterocycles. The quantitative estimate of drug-likeness (QED) is 0.639. The summed E-state index contributed by atoms with van der Waals surface area (Å²) in [5.41, 5.74) is 6.13. The molecule has 2 N–H and O–H groups in total. The Labute approximate surface area is 190 Å². The van der Waals surface area contributed by atoms with E-state index in [1.165, 1.54) is 6.33 Å². The van der Waals surface area contributed by atoms with Crippen LogP contribution in [0.4, 0.5) is 4.39 Å². The van der Waals surface area contributed by atoms with Gasteiger partial charge in [-0.15, -0.1) is 0 Å². The fraction of sp³-hybridized carbons (Fsp3) is 0.417. The summed E-state index contributed by atoms with van der Waals surface area (Å²) in [6.45, 7) is 7.22. The van der Waals surface area contributed by atoms with Gasteiger partial charge in [-0.2, -0.15) is 0 Å². The van der Waals surface area contributed by atoms with Crippen molar-refractivity contribution in [2.24, 2.45) is 0 Å². The number of amides is 1. The molecule has 1 amide bonds. The van der Waals surface area contributed by atoms with Gasteiger partial charge in [0.1, 0.15) is 6.33 Å². The molecule has 1 aliphatic carbocycles. The zero-order valence-corrected chi connectivity index (χ0v) is 18.7. The molecule has 0 radical (unpaired) electrons. The van der Waals surface area contributed by atoms with Crippen LogP contribution in [0.25, 0.3) is 11.3 Å². The second-order valence-corrected chi connectivity index (χ2v) is 8.98. The average Bonchev–Trinajstić information content (AvgIpc) is 3.24. The van der Waals surface area contributed by atoms with E-state index in [0.29, 0.717) is 48.6 Å². The number of pyridine rings is 1. The second kappa shape index (κ2) is 7.62. The molecule has 0 aromatic carbocycles. The van der Waals surface area contributed by atoms with Gasteiger partial charge in [-0.05, 0) is 30.5 Å². The molecular formula is C24H25FN6O2. The van der Waals surface area contributed by atoms with Gasteiger partial charge in [0.25, 0.3) is 11.8 Å². The molecule has 1 atom stereocenters. The smallest absolute Gasteiger partial charge is 0.258 e. The van der Waals surface area contributed by atoms with Gasteiger partial charge in [0.05, 0.1) is 22.5 Å². The Morgan fingerprint density at radius 3 is 2.88 bits per heavy atom. The number of halogens is 1. The van der Waals surface area contributed by atoms with Gasteiger partial charge in [-0.25, -0.2) is 19.3 Å². The number of ether oxygens (including phenoxy) is 1. The van der Waals surface area contributed by atoms with E-state index in [-0.39, 0.29) is 17.7 Å². The van der Waals surface area contributed by atoms with Crippen molar-refractivity contribution in [2.45, 2.75) is 45.6 Å². The second-order valence-electron chi connectivity index (χ2n) is 8.98. The molecule has 0 unspecified atom stereocenters. The third kappa shape index (κ3) is 3.13. The Morgan fingerprint density at radius 2 is 2.03 bits per heavy atom. The summed E-state index contributed by atoms with van der Waals surface area (Å²) < 4.78 is 21.9. The molecule has 0 saturated heterocycles. The van der Waals surface area contributed by atoms with Gasteiger partial charge < -0.3 is 15.0 Å². The van der Waals surface area contributed by atoms with Crippen LogP contribution in [0.1, 0.15) is 58.2 Å². The van der Waals surface area contributed by atoms with E-state index in [4.69, 9.17) is 4.74 Å². The summed E-state index contributed by atoms with van der Waals surface area (Å²) >= 11 is 0. The summed E-state index contributed by atoms with van der Waals surface area (Å²) in [6.07, 6.45) is 5.23. The van der Waals surface area contributed by atoms with Crippen molar-refractivity contribution in [3.05, 3.63) is 52.0 Å². The van der Waals surface area contributed by atoms with Crippen LogP contribution in [-0.2, 0) is 25.8 Å². The molecule has 5 heterocycles. The van der Waals surface area contributed by atoms with Crippen molar-refractivity contribution < 1.29 is 13.9 Å². The number of likely N-dealkylation sites (N-methyl/N-ethyl adjacent to an activating group) is 1. The molecule has 3 aliphatic rings. The normalized spacial score (nSPS) is 19.2. The first kappa shape index (κ1) is 20.3. The average molecular weight is 449 g/mol. The molecule has 6 rings (SSSR count). The van der Waals surface area contributed by atoms with Crippen molar-refractivity contribution >= 4 is 5.91 Å². The van der Waals surface area contributed by atoms with Crippen LogP contribution in [-0.4, -0.2) is 50.4 Å². The maximum atomic E-state index is 15.9. The van der Waals surface area contributed by atoms with Crippen molar-refractivity contribution in [1.82, 2.24) is 30.2 Å². The van der Waals surface area contributed by atoms with E-state index < -0.39 is 5.82 Å². The highest BCUT2D eigenvalue weighted by Crippen LogP contribution is 2.42. The highest BCUT2D eigenvalue weighted by atomic mass is 19.1. The van der Waals surface area contributed by atoms with Crippen molar-refractivity contribution in [1.29, 1.82) is 0 Å². The Hall–Kier alpha value is -3.33. The molecular weight excluding hydrogens is 423 g/mol. The Kier molecular flexibility index (Phi) is 4.69. The largest absolute Gasteiger partial charge is 0.417 e. The highest BCUT2D eigenvalue weighted by Gasteiger charge is 2.35. The summed E-state index contributed by atoms with van der Waals surface area (Å²) in [5.74, 6) is -0.249. The third-order valence-corrected chi connectivity index (χ3v) is 7.06. The number of aromatic nitrogens is 4. The van der Waals surface area contributed by atoms with E-state index in [0.717, 1.165) is 47.6 Å². The minimum absolute atomic E-state index is 0.0944. The first-order valence-electron chi connectivity index (χ1n) is 11.5. The van der Waals surface area contributed by atoms with E-state index >= 15 is 4.39 Å². The number of H-pyrrole nitrogens is 1. The minimum atomic E-state index is -0.532. The predicted molar refractivity (Wildman–Crippen MR) is 119 cm³/mol. The van der Waals surface area contributed by atoms with Crippen LogP contribution in [0, 0.1) is 5.82 Å². The number of nitrogens with one attached hydrogen (secondary N) is 2. The number of aromatic amines is 1. The Balaban J connectivity index is 1.43. The highest BCUT2D eigenvalue weighted by molar-refractivity contribution is 6.00. The van der Waals surface area contributed by atoms with Crippen molar-refractivity contribution in [3.8, 4) is 23.0 Å². The van der Waals surface area contributed by atoms with Gasteiger partial charge in [0, 0.05) is 49.4 Å². The van der Waals surface area contributed by atoms with Crippen LogP contribution in [0.15, 0.2) is 12.5 Å². The zero-order valence-electron chi connectivity index (χ0n) is 18.7. The standard InChI is InChI=1S/C24H25FN6O2/c1-3-31-7-6-16-15(10-31)23(29-11-28-16)33-24-19(25)17-13(9-27-24)4-5-14-18-20(30-21(14)17)12(2)8-26-22(18)32/h9,11-12,30H,3-8,10H2,1-2H3,(H,26,32)/t12-/m1/s1. The lowest BCUT2D eigenvalue weighted by Crippen LogP contribution is -2.34. The number of fused-ring (bicyclic) bond motifs is 6.